The molecule has 0 aromatic carbocycles. The lowest BCUT2D eigenvalue weighted by Crippen LogP contribution is -2.14. The molecule has 0 saturated carbocycles. The Bertz CT molecular complexity index is 225. The van der Waals surface area contributed by atoms with E-state index in [-0.39, 0.29) is 0 Å². The first-order valence-corrected chi connectivity index (χ1v) is 4.73. The lowest BCUT2D eigenvalue weighted by Gasteiger charge is -2.00. The normalized spacial score (nSPS) is 17.1. The van der Waals surface area contributed by atoms with Crippen LogP contribution in [0.5, 0.6) is 0 Å². The van der Waals surface area contributed by atoms with E-state index < -0.39 is 0 Å². The number of thioether (sulfide) groups is 1. The minimum absolute atomic E-state index is 0.920. The van der Waals surface area contributed by atoms with Crippen LogP contribution in [-0.2, 0) is 6.54 Å². The maximum absolute atomic E-state index is 4.30. The van der Waals surface area contributed by atoms with Gasteiger partial charge in [-0.05, 0) is 12.1 Å². The number of nitrogens with zero attached hydrogens (tertiary/aromatic N) is 1. The van der Waals surface area contributed by atoms with E-state index in [4.69, 9.17) is 0 Å². The minimum Gasteiger partial charge on any atom is -0.310 e. The number of aromatic nitrogens is 1. The van der Waals surface area contributed by atoms with E-state index >= 15 is 0 Å². The first-order chi connectivity index (χ1) is 5.47. The van der Waals surface area contributed by atoms with E-state index in [1.165, 1.54) is 10.6 Å². The summed E-state index contributed by atoms with van der Waals surface area (Å²) in [6.45, 7) is 2.00. The molecule has 1 aliphatic heterocycles. The van der Waals surface area contributed by atoms with Gasteiger partial charge in [0.2, 0.25) is 0 Å². The largest absolute Gasteiger partial charge is 0.310 e. The molecule has 0 saturated heterocycles. The van der Waals surface area contributed by atoms with Crippen LogP contribution in [0.3, 0.4) is 0 Å². The molecule has 0 spiro atoms. The molecule has 1 N–H and O–H groups in total. The summed E-state index contributed by atoms with van der Waals surface area (Å²) in [5, 5.41) is 3.32. The van der Waals surface area contributed by atoms with Gasteiger partial charge in [-0.3, -0.25) is 4.98 Å². The van der Waals surface area contributed by atoms with Gasteiger partial charge in [-0.25, -0.2) is 0 Å². The molecular formula is C8H10N2S. The Hall–Kier alpha value is -0.540. The van der Waals surface area contributed by atoms with Crippen molar-refractivity contribution in [3.8, 4) is 0 Å². The molecule has 0 atom stereocenters. The van der Waals surface area contributed by atoms with Crippen molar-refractivity contribution >= 4 is 11.8 Å². The maximum Gasteiger partial charge on any atom is 0.0677 e. The van der Waals surface area contributed by atoms with Gasteiger partial charge in [0.1, 0.15) is 0 Å². The van der Waals surface area contributed by atoms with Crippen LogP contribution >= 0.6 is 11.8 Å². The number of hydrogen-bond donors (Lipinski definition) is 1. The van der Waals surface area contributed by atoms with Crippen molar-refractivity contribution in [2.75, 3.05) is 12.3 Å². The monoisotopic (exact) mass is 166 g/mol. The molecule has 0 aliphatic carbocycles. The third-order valence-corrected chi connectivity index (χ3v) is 2.77. The number of fused-ring (bicyclic) bond motifs is 1. The van der Waals surface area contributed by atoms with Crippen LogP contribution in [0.25, 0.3) is 0 Å². The minimum atomic E-state index is 0.920. The van der Waals surface area contributed by atoms with Gasteiger partial charge in [-0.1, -0.05) is 0 Å². The highest BCUT2D eigenvalue weighted by Gasteiger charge is 2.06. The van der Waals surface area contributed by atoms with E-state index in [9.17, 15) is 0 Å². The Kier molecular flexibility index (Phi) is 2.10. The van der Waals surface area contributed by atoms with Crippen LogP contribution < -0.4 is 5.32 Å². The molecule has 1 aliphatic rings. The zero-order chi connectivity index (χ0) is 7.52. The van der Waals surface area contributed by atoms with Crippen molar-refractivity contribution < 1.29 is 0 Å². The Morgan fingerprint density at radius 2 is 2.55 bits per heavy atom. The van der Waals surface area contributed by atoms with E-state index in [0.29, 0.717) is 0 Å². The van der Waals surface area contributed by atoms with Gasteiger partial charge >= 0.3 is 0 Å². The first-order valence-electron chi connectivity index (χ1n) is 3.74. The molecule has 2 nitrogen and oxygen atoms in total. The summed E-state index contributed by atoms with van der Waals surface area (Å²) in [5.41, 5.74) is 1.19. The summed E-state index contributed by atoms with van der Waals surface area (Å²) in [6.07, 6.45) is 1.85. The Morgan fingerprint density at radius 1 is 1.55 bits per heavy atom. The third kappa shape index (κ3) is 1.54. The molecule has 2 rings (SSSR count). The van der Waals surface area contributed by atoms with Gasteiger partial charge < -0.3 is 5.32 Å². The lowest BCUT2D eigenvalue weighted by atomic mass is 10.3. The quantitative estimate of drug-likeness (QED) is 0.628. The van der Waals surface area contributed by atoms with Crippen molar-refractivity contribution in [1.29, 1.82) is 0 Å². The molecule has 58 valence electrons. The zero-order valence-electron chi connectivity index (χ0n) is 6.21. The van der Waals surface area contributed by atoms with Gasteiger partial charge in [-0.15, -0.1) is 11.8 Å². The summed E-state index contributed by atoms with van der Waals surface area (Å²) in [6, 6.07) is 4.14. The van der Waals surface area contributed by atoms with E-state index in [0.717, 1.165) is 18.8 Å². The second-order valence-electron chi connectivity index (χ2n) is 2.47. The Labute approximate surface area is 70.4 Å². The molecule has 11 heavy (non-hydrogen) atoms. The fourth-order valence-electron chi connectivity index (χ4n) is 1.13. The highest BCUT2D eigenvalue weighted by Crippen LogP contribution is 2.21. The van der Waals surface area contributed by atoms with Crippen LogP contribution in [0.2, 0.25) is 0 Å². The van der Waals surface area contributed by atoms with Gasteiger partial charge in [0.15, 0.2) is 0 Å². The maximum atomic E-state index is 4.30. The van der Waals surface area contributed by atoms with Crippen LogP contribution in [0, 0.1) is 0 Å². The van der Waals surface area contributed by atoms with Gasteiger partial charge in [-0.2, -0.15) is 0 Å². The van der Waals surface area contributed by atoms with Crippen LogP contribution in [0.4, 0.5) is 0 Å². The Balaban J connectivity index is 2.33. The molecule has 0 bridgehead atoms. The fraction of sp³-hybridized carbons (Fsp3) is 0.375. The molecule has 0 unspecified atom stereocenters. The summed E-state index contributed by atoms with van der Waals surface area (Å²) in [5.74, 6) is 1.15. The van der Waals surface area contributed by atoms with Crippen LogP contribution in [0.1, 0.15) is 5.69 Å². The number of hydrogen-bond acceptors (Lipinski definition) is 3. The zero-order valence-corrected chi connectivity index (χ0v) is 7.03. The standard InChI is InChI=1S/C8H10N2S/c1-2-8-7(10-3-1)6-9-4-5-11-8/h1-3,9H,4-6H2. The summed E-state index contributed by atoms with van der Waals surface area (Å²) < 4.78 is 0. The summed E-state index contributed by atoms with van der Waals surface area (Å²) in [4.78, 5) is 5.63. The smallest absolute Gasteiger partial charge is 0.0677 e. The average Bonchev–Trinajstić information content (AvgIpc) is 2.28. The van der Waals surface area contributed by atoms with Crippen LogP contribution in [0.15, 0.2) is 23.2 Å². The van der Waals surface area contributed by atoms with Crippen molar-refractivity contribution in [2.24, 2.45) is 0 Å². The predicted molar refractivity (Wildman–Crippen MR) is 46.7 cm³/mol. The van der Waals surface area contributed by atoms with Crippen molar-refractivity contribution in [1.82, 2.24) is 10.3 Å². The van der Waals surface area contributed by atoms with Crippen molar-refractivity contribution in [3.05, 3.63) is 24.0 Å². The fourth-order valence-corrected chi connectivity index (χ4v) is 2.06. The second kappa shape index (κ2) is 3.24. The summed E-state index contributed by atoms with van der Waals surface area (Å²) in [7, 11) is 0. The number of nitrogens with one attached hydrogen (secondary N) is 1. The molecule has 2 heterocycles. The highest BCUT2D eigenvalue weighted by molar-refractivity contribution is 7.99. The first kappa shape index (κ1) is 7.13. The molecule has 1 aromatic rings. The average molecular weight is 166 g/mol. The highest BCUT2D eigenvalue weighted by atomic mass is 32.2. The van der Waals surface area contributed by atoms with E-state index in [2.05, 4.69) is 16.4 Å². The third-order valence-electron chi connectivity index (χ3n) is 1.68. The molecule has 0 radical (unpaired) electrons. The van der Waals surface area contributed by atoms with Crippen molar-refractivity contribution in [2.45, 2.75) is 11.4 Å². The molecular weight excluding hydrogens is 156 g/mol. The van der Waals surface area contributed by atoms with Crippen LogP contribution in [-0.4, -0.2) is 17.3 Å². The molecule has 3 heteroatoms. The van der Waals surface area contributed by atoms with Gasteiger partial charge in [0.25, 0.3) is 0 Å². The van der Waals surface area contributed by atoms with Gasteiger partial charge in [0.05, 0.1) is 5.69 Å². The topological polar surface area (TPSA) is 24.9 Å². The second-order valence-corrected chi connectivity index (χ2v) is 3.61. The van der Waals surface area contributed by atoms with Crippen molar-refractivity contribution in [3.63, 3.8) is 0 Å². The molecule has 0 amide bonds. The number of rotatable bonds is 0. The van der Waals surface area contributed by atoms with E-state index in [1.54, 1.807) is 0 Å². The van der Waals surface area contributed by atoms with E-state index in [1.807, 2.05) is 24.0 Å². The lowest BCUT2D eigenvalue weighted by molar-refractivity contribution is 0.713. The molecule has 1 aromatic heterocycles. The Morgan fingerprint density at radius 3 is 3.55 bits per heavy atom. The predicted octanol–water partition coefficient (Wildman–Crippen LogP) is 1.28. The molecule has 0 fully saturated rings. The van der Waals surface area contributed by atoms with Gasteiger partial charge in [0, 0.05) is 29.9 Å². The number of pyridine rings is 1. The SMILES string of the molecule is c1cnc2c(c1)SCCNC2. The summed E-state index contributed by atoms with van der Waals surface area (Å²) >= 11 is 1.88.